The van der Waals surface area contributed by atoms with E-state index in [9.17, 15) is 15.0 Å². The van der Waals surface area contributed by atoms with Crippen LogP contribution in [0.4, 0.5) is 0 Å². The number of aliphatic hydroxyl groups excluding tert-OH is 2. The number of aromatic nitrogens is 3. The first-order valence-electron chi connectivity index (χ1n) is 6.63. The third kappa shape index (κ3) is 2.08. The van der Waals surface area contributed by atoms with E-state index in [2.05, 4.69) is 16.9 Å². The topological polar surface area (TPSA) is 107 Å². The van der Waals surface area contributed by atoms with Crippen molar-refractivity contribution in [3.63, 3.8) is 0 Å². The molecule has 116 valence electrons. The predicted octanol–water partition coefficient (Wildman–Crippen LogP) is 0.0247. The monoisotopic (exact) mass is 305 g/mol. The zero-order valence-electron chi connectivity index (χ0n) is 11.8. The minimum absolute atomic E-state index is 0.274. The number of esters is 1. The molecule has 3 rings (SSSR count). The highest BCUT2D eigenvalue weighted by atomic mass is 16.5. The fraction of sp³-hybridized carbons (Fsp3) is 0.357. The van der Waals surface area contributed by atoms with E-state index in [1.807, 2.05) is 0 Å². The molecule has 8 heteroatoms. The summed E-state index contributed by atoms with van der Waals surface area (Å²) in [6, 6.07) is 4.94. The maximum absolute atomic E-state index is 11.7. The van der Waals surface area contributed by atoms with Crippen LogP contribution in [0.1, 0.15) is 16.6 Å². The summed E-state index contributed by atoms with van der Waals surface area (Å²) < 4.78 is 11.6. The summed E-state index contributed by atoms with van der Waals surface area (Å²) in [6.07, 6.45) is -2.55. The molecule has 2 N–H and O–H groups in total. The Labute approximate surface area is 125 Å². The summed E-state index contributed by atoms with van der Waals surface area (Å²) >= 11 is 0. The van der Waals surface area contributed by atoms with Gasteiger partial charge in [0.1, 0.15) is 17.7 Å². The lowest BCUT2D eigenvalue weighted by Gasteiger charge is -2.14. The number of hydrogen-bond acceptors (Lipinski definition) is 7. The number of rotatable bonds is 3. The molecule has 1 aromatic heterocycles. The number of hydrogen-bond donors (Lipinski definition) is 2. The zero-order chi connectivity index (χ0) is 15.9. The van der Waals surface area contributed by atoms with E-state index in [1.54, 1.807) is 18.2 Å². The van der Waals surface area contributed by atoms with Crippen molar-refractivity contribution >= 4 is 17.0 Å². The standard InChI is InChI=1S/C14H15N3O5/c1-7-10(6-18)22-13(12(7)19)17-9-5-3-4-8(14(20)21-2)11(9)15-16-17/h3-5,10,12-13,18-19H,1,6H2,2H3/t10-,12-,13-/m1/s1. The van der Waals surface area contributed by atoms with Crippen molar-refractivity contribution < 1.29 is 24.5 Å². The van der Waals surface area contributed by atoms with Gasteiger partial charge in [-0.15, -0.1) is 5.10 Å². The lowest BCUT2D eigenvalue weighted by Crippen LogP contribution is -2.21. The number of nitrogens with zero attached hydrogens (tertiary/aromatic N) is 3. The van der Waals surface area contributed by atoms with E-state index in [-0.39, 0.29) is 12.2 Å². The van der Waals surface area contributed by atoms with Gasteiger partial charge < -0.3 is 19.7 Å². The Bertz CT molecular complexity index is 741. The molecular formula is C14H15N3O5. The largest absolute Gasteiger partial charge is 0.465 e. The highest BCUT2D eigenvalue weighted by molar-refractivity contribution is 6.01. The predicted molar refractivity (Wildman–Crippen MR) is 75.0 cm³/mol. The maximum atomic E-state index is 11.7. The van der Waals surface area contributed by atoms with Gasteiger partial charge in [0.05, 0.1) is 24.8 Å². The van der Waals surface area contributed by atoms with Crippen LogP contribution in [0.25, 0.3) is 11.0 Å². The van der Waals surface area contributed by atoms with Gasteiger partial charge in [-0.1, -0.05) is 17.9 Å². The Hall–Kier alpha value is -2.29. The molecule has 0 unspecified atom stereocenters. The molecule has 1 aliphatic rings. The van der Waals surface area contributed by atoms with Crippen molar-refractivity contribution in [1.82, 2.24) is 15.0 Å². The molecular weight excluding hydrogens is 290 g/mol. The molecule has 3 atom stereocenters. The molecule has 0 aliphatic carbocycles. The molecule has 1 aromatic carbocycles. The molecule has 2 heterocycles. The van der Waals surface area contributed by atoms with E-state index in [1.165, 1.54) is 11.8 Å². The van der Waals surface area contributed by atoms with Gasteiger partial charge in [-0.25, -0.2) is 9.48 Å². The van der Waals surface area contributed by atoms with Gasteiger partial charge in [0.2, 0.25) is 0 Å². The number of benzene rings is 1. The molecule has 0 spiro atoms. The quantitative estimate of drug-likeness (QED) is 0.608. The third-order valence-electron chi connectivity index (χ3n) is 3.68. The van der Waals surface area contributed by atoms with Crippen LogP contribution in [0.5, 0.6) is 0 Å². The second-order valence-electron chi connectivity index (χ2n) is 4.92. The van der Waals surface area contributed by atoms with Gasteiger partial charge in [-0.05, 0) is 17.7 Å². The molecule has 22 heavy (non-hydrogen) atoms. The van der Waals surface area contributed by atoms with E-state index >= 15 is 0 Å². The van der Waals surface area contributed by atoms with Crippen molar-refractivity contribution in [3.8, 4) is 0 Å². The molecule has 1 fully saturated rings. The highest BCUT2D eigenvalue weighted by Crippen LogP contribution is 2.33. The number of ether oxygens (including phenoxy) is 2. The first kappa shape index (κ1) is 14.6. The second-order valence-corrected chi connectivity index (χ2v) is 4.92. The summed E-state index contributed by atoms with van der Waals surface area (Å²) in [4.78, 5) is 11.7. The van der Waals surface area contributed by atoms with Crippen LogP contribution in [0.2, 0.25) is 0 Å². The van der Waals surface area contributed by atoms with Crippen LogP contribution in [0, 0.1) is 0 Å². The summed E-state index contributed by atoms with van der Waals surface area (Å²) in [7, 11) is 1.28. The molecule has 1 aliphatic heterocycles. The summed E-state index contributed by atoms with van der Waals surface area (Å²) in [5, 5.41) is 27.4. The fourth-order valence-electron chi connectivity index (χ4n) is 2.48. The van der Waals surface area contributed by atoms with E-state index in [0.717, 1.165) is 0 Å². The molecule has 0 amide bonds. The van der Waals surface area contributed by atoms with Crippen molar-refractivity contribution in [2.45, 2.75) is 18.4 Å². The number of fused-ring (bicyclic) bond motifs is 1. The number of aliphatic hydroxyl groups is 2. The number of carbonyl (C=O) groups excluding carboxylic acids is 1. The van der Waals surface area contributed by atoms with Gasteiger partial charge in [0.25, 0.3) is 0 Å². The Morgan fingerprint density at radius 3 is 2.95 bits per heavy atom. The normalized spacial score (nSPS) is 24.9. The Morgan fingerprint density at radius 2 is 2.32 bits per heavy atom. The van der Waals surface area contributed by atoms with Crippen LogP contribution in [0.3, 0.4) is 0 Å². The Balaban J connectivity index is 2.06. The minimum atomic E-state index is -1.02. The van der Waals surface area contributed by atoms with E-state index in [0.29, 0.717) is 16.6 Å². The van der Waals surface area contributed by atoms with E-state index < -0.39 is 24.4 Å². The maximum Gasteiger partial charge on any atom is 0.340 e. The highest BCUT2D eigenvalue weighted by Gasteiger charge is 2.39. The Morgan fingerprint density at radius 1 is 1.55 bits per heavy atom. The van der Waals surface area contributed by atoms with Crippen molar-refractivity contribution in [3.05, 3.63) is 35.9 Å². The van der Waals surface area contributed by atoms with Crippen LogP contribution in [-0.4, -0.2) is 57.1 Å². The molecule has 0 saturated carbocycles. The first-order chi connectivity index (χ1) is 10.6. The average Bonchev–Trinajstić information content (AvgIpc) is 3.08. The van der Waals surface area contributed by atoms with Crippen molar-refractivity contribution in [1.29, 1.82) is 0 Å². The lowest BCUT2D eigenvalue weighted by molar-refractivity contribution is -0.0552. The summed E-state index contributed by atoms with van der Waals surface area (Å²) in [6.45, 7) is 3.43. The minimum Gasteiger partial charge on any atom is -0.465 e. The van der Waals surface area contributed by atoms with Crippen molar-refractivity contribution in [2.75, 3.05) is 13.7 Å². The second kappa shape index (κ2) is 5.48. The summed E-state index contributed by atoms with van der Waals surface area (Å²) in [5.74, 6) is -0.525. The molecule has 2 aromatic rings. The molecule has 0 radical (unpaired) electrons. The van der Waals surface area contributed by atoms with Crippen LogP contribution < -0.4 is 0 Å². The van der Waals surface area contributed by atoms with Crippen molar-refractivity contribution in [2.24, 2.45) is 0 Å². The molecule has 1 saturated heterocycles. The van der Waals surface area contributed by atoms with Gasteiger partial charge in [-0.2, -0.15) is 0 Å². The SMILES string of the molecule is C=C1[C@@H](O)[C@H](n2nnc3c(C(=O)OC)cccc32)O[C@@H]1CO. The van der Waals surface area contributed by atoms with Gasteiger partial charge in [0, 0.05) is 0 Å². The smallest absolute Gasteiger partial charge is 0.340 e. The summed E-state index contributed by atoms with van der Waals surface area (Å²) in [5.41, 5.74) is 1.51. The van der Waals surface area contributed by atoms with Gasteiger partial charge in [0.15, 0.2) is 6.23 Å². The Kier molecular flexibility index (Phi) is 3.65. The van der Waals surface area contributed by atoms with Gasteiger partial charge >= 0.3 is 5.97 Å². The first-order valence-corrected chi connectivity index (χ1v) is 6.63. The molecule has 8 nitrogen and oxygen atoms in total. The van der Waals surface area contributed by atoms with Crippen LogP contribution in [0.15, 0.2) is 30.4 Å². The zero-order valence-corrected chi connectivity index (χ0v) is 11.8. The third-order valence-corrected chi connectivity index (χ3v) is 3.68. The fourth-order valence-corrected chi connectivity index (χ4v) is 2.48. The lowest BCUT2D eigenvalue weighted by atomic mass is 10.1. The number of methoxy groups -OCH3 is 1. The van der Waals surface area contributed by atoms with E-state index in [4.69, 9.17) is 9.47 Å². The average molecular weight is 305 g/mol. The van der Waals surface area contributed by atoms with Crippen LogP contribution >= 0.6 is 0 Å². The number of carbonyl (C=O) groups is 1. The van der Waals surface area contributed by atoms with Crippen LogP contribution in [-0.2, 0) is 9.47 Å². The molecule has 0 bridgehead atoms. The van der Waals surface area contributed by atoms with Gasteiger partial charge in [-0.3, -0.25) is 0 Å².